The predicted molar refractivity (Wildman–Crippen MR) is 111 cm³/mol. The quantitative estimate of drug-likeness (QED) is 0.600. The Morgan fingerprint density at radius 3 is 2.41 bits per heavy atom. The van der Waals surface area contributed by atoms with E-state index >= 15 is 0 Å². The second kappa shape index (κ2) is 8.18. The fourth-order valence-corrected chi connectivity index (χ4v) is 4.74. The minimum atomic E-state index is -3.87. The summed E-state index contributed by atoms with van der Waals surface area (Å²) in [4.78, 5) is 6.42. The third kappa shape index (κ3) is 3.90. The van der Waals surface area contributed by atoms with Crippen molar-refractivity contribution in [3.05, 3.63) is 59.1 Å². The molecule has 1 aliphatic rings. The molecule has 1 aromatic heterocycles. The van der Waals surface area contributed by atoms with Crippen LogP contribution in [0.1, 0.15) is 12.5 Å². The van der Waals surface area contributed by atoms with Crippen molar-refractivity contribution >= 4 is 27.3 Å². The van der Waals surface area contributed by atoms with Gasteiger partial charge < -0.3 is 14.1 Å². The molecule has 0 radical (unpaired) electrons. The second-order valence-electron chi connectivity index (χ2n) is 6.71. The summed E-state index contributed by atoms with van der Waals surface area (Å²) < 4.78 is 38.2. The molecule has 3 aromatic rings. The van der Waals surface area contributed by atoms with Gasteiger partial charge in [-0.3, -0.25) is 0 Å². The predicted octanol–water partition coefficient (Wildman–Crippen LogP) is 4.23. The molecular weight excluding hydrogens is 412 g/mol. The van der Waals surface area contributed by atoms with Crippen molar-refractivity contribution in [2.45, 2.75) is 23.3 Å². The molecular formula is C21H21ClN2O4S. The van der Waals surface area contributed by atoms with Crippen LogP contribution in [0.4, 0.5) is 5.88 Å². The summed E-state index contributed by atoms with van der Waals surface area (Å²) in [6.45, 7) is 4.05. The van der Waals surface area contributed by atoms with E-state index in [1.807, 2.05) is 24.0 Å². The van der Waals surface area contributed by atoms with Crippen LogP contribution in [0.15, 0.2) is 62.9 Å². The van der Waals surface area contributed by atoms with Crippen LogP contribution in [0, 0.1) is 0 Å². The van der Waals surface area contributed by atoms with Gasteiger partial charge in [-0.15, -0.1) is 0 Å². The maximum atomic E-state index is 13.4. The Bertz CT molecular complexity index is 1100. The summed E-state index contributed by atoms with van der Waals surface area (Å²) in [5, 5.41) is 0.345. The summed E-state index contributed by atoms with van der Waals surface area (Å²) in [6, 6.07) is 13.9. The highest BCUT2D eigenvalue weighted by molar-refractivity contribution is 7.91. The first-order chi connectivity index (χ1) is 14.0. The van der Waals surface area contributed by atoms with Crippen molar-refractivity contribution in [1.82, 2.24) is 4.98 Å². The Morgan fingerprint density at radius 1 is 1.07 bits per heavy atom. The van der Waals surface area contributed by atoms with E-state index in [0.29, 0.717) is 36.9 Å². The molecule has 1 fully saturated rings. The van der Waals surface area contributed by atoms with Gasteiger partial charge in [0.25, 0.3) is 0 Å². The summed E-state index contributed by atoms with van der Waals surface area (Å²) >= 11 is 6.29. The maximum Gasteiger partial charge on any atom is 0.236 e. The van der Waals surface area contributed by atoms with Crippen molar-refractivity contribution in [3.63, 3.8) is 0 Å². The number of anilines is 1. The van der Waals surface area contributed by atoms with E-state index in [2.05, 4.69) is 4.98 Å². The highest BCUT2D eigenvalue weighted by Gasteiger charge is 2.32. The molecule has 0 amide bonds. The van der Waals surface area contributed by atoms with Crippen molar-refractivity contribution in [2.75, 3.05) is 31.2 Å². The van der Waals surface area contributed by atoms with E-state index in [1.54, 1.807) is 36.4 Å². The SMILES string of the molecule is CCc1ccc(S(=O)(=O)c2nc(-c3ccccc3Cl)oc2N2CCOCC2)cc1. The summed E-state index contributed by atoms with van der Waals surface area (Å²) in [5.41, 5.74) is 1.61. The molecule has 1 saturated heterocycles. The third-order valence-corrected chi connectivity index (χ3v) is 6.88. The zero-order chi connectivity index (χ0) is 20.4. The fourth-order valence-electron chi connectivity index (χ4n) is 3.21. The smallest absolute Gasteiger partial charge is 0.236 e. The lowest BCUT2D eigenvalue weighted by atomic mass is 10.2. The number of rotatable bonds is 5. The highest BCUT2D eigenvalue weighted by atomic mass is 35.5. The lowest BCUT2D eigenvalue weighted by Gasteiger charge is -2.26. The monoisotopic (exact) mass is 432 g/mol. The maximum absolute atomic E-state index is 13.4. The molecule has 29 heavy (non-hydrogen) atoms. The standard InChI is InChI=1S/C21H21ClN2O4S/c1-2-15-7-9-16(10-8-15)29(25,26)20-21(24-11-13-27-14-12-24)28-19(23-20)17-5-3-4-6-18(17)22/h3-10H,2,11-14H2,1H3. The number of hydrogen-bond acceptors (Lipinski definition) is 6. The lowest BCUT2D eigenvalue weighted by Crippen LogP contribution is -2.36. The average molecular weight is 433 g/mol. The molecule has 0 spiro atoms. The highest BCUT2D eigenvalue weighted by Crippen LogP contribution is 2.37. The first-order valence-electron chi connectivity index (χ1n) is 9.43. The van der Waals surface area contributed by atoms with E-state index in [4.69, 9.17) is 20.8 Å². The summed E-state index contributed by atoms with van der Waals surface area (Å²) in [7, 11) is -3.87. The zero-order valence-electron chi connectivity index (χ0n) is 16.0. The molecule has 0 unspecified atom stereocenters. The van der Waals surface area contributed by atoms with Crippen molar-refractivity contribution in [1.29, 1.82) is 0 Å². The van der Waals surface area contributed by atoms with Crippen LogP contribution >= 0.6 is 11.6 Å². The second-order valence-corrected chi connectivity index (χ2v) is 8.98. The number of nitrogens with zero attached hydrogens (tertiary/aromatic N) is 2. The molecule has 2 aromatic carbocycles. The Balaban J connectivity index is 1.84. The number of morpholine rings is 1. The van der Waals surface area contributed by atoms with Crippen LogP contribution in [0.5, 0.6) is 0 Å². The minimum Gasteiger partial charge on any atom is -0.419 e. The Morgan fingerprint density at radius 2 is 1.76 bits per heavy atom. The van der Waals surface area contributed by atoms with Crippen LogP contribution in [0.25, 0.3) is 11.5 Å². The fraction of sp³-hybridized carbons (Fsp3) is 0.286. The Hall–Kier alpha value is -2.35. The van der Waals surface area contributed by atoms with Crippen molar-refractivity contribution in [3.8, 4) is 11.5 Å². The number of ether oxygens (including phenoxy) is 1. The molecule has 6 nitrogen and oxygen atoms in total. The van der Waals surface area contributed by atoms with Crippen molar-refractivity contribution in [2.24, 2.45) is 0 Å². The van der Waals surface area contributed by atoms with E-state index in [0.717, 1.165) is 12.0 Å². The normalized spacial score (nSPS) is 14.9. The van der Waals surface area contributed by atoms with E-state index in [1.165, 1.54) is 0 Å². The lowest BCUT2D eigenvalue weighted by molar-refractivity contribution is 0.120. The van der Waals surface area contributed by atoms with Crippen LogP contribution in [-0.2, 0) is 21.0 Å². The average Bonchev–Trinajstić information content (AvgIpc) is 3.21. The van der Waals surface area contributed by atoms with Gasteiger partial charge in [0.15, 0.2) is 0 Å². The van der Waals surface area contributed by atoms with Crippen LogP contribution in [-0.4, -0.2) is 39.7 Å². The molecule has 2 heterocycles. The molecule has 152 valence electrons. The summed E-state index contributed by atoms with van der Waals surface area (Å²) in [6.07, 6.45) is 0.833. The van der Waals surface area contributed by atoms with Crippen LogP contribution in [0.2, 0.25) is 5.02 Å². The van der Waals surface area contributed by atoms with Gasteiger partial charge in [-0.05, 0) is 36.2 Å². The molecule has 1 aliphatic heterocycles. The van der Waals surface area contributed by atoms with Crippen molar-refractivity contribution < 1.29 is 17.6 Å². The van der Waals surface area contributed by atoms with Crippen LogP contribution < -0.4 is 4.90 Å². The molecule has 0 aliphatic carbocycles. The number of oxazole rings is 1. The van der Waals surface area contributed by atoms with Crippen LogP contribution in [0.3, 0.4) is 0 Å². The Labute approximate surface area is 175 Å². The van der Waals surface area contributed by atoms with Gasteiger partial charge in [0.1, 0.15) is 0 Å². The molecule has 4 rings (SSSR count). The minimum absolute atomic E-state index is 0.0985. The molecule has 0 atom stereocenters. The van der Waals surface area contributed by atoms with E-state index < -0.39 is 9.84 Å². The largest absolute Gasteiger partial charge is 0.419 e. The number of aromatic nitrogens is 1. The number of halogens is 1. The zero-order valence-corrected chi connectivity index (χ0v) is 17.5. The van der Waals surface area contributed by atoms with E-state index in [9.17, 15) is 8.42 Å². The van der Waals surface area contributed by atoms with Gasteiger partial charge in [-0.2, -0.15) is 4.98 Å². The molecule has 0 bridgehead atoms. The first kappa shape index (κ1) is 19.9. The van der Waals surface area contributed by atoms with Gasteiger partial charge in [0, 0.05) is 13.1 Å². The number of hydrogen-bond donors (Lipinski definition) is 0. The van der Waals surface area contributed by atoms with Gasteiger partial charge >= 0.3 is 0 Å². The topological polar surface area (TPSA) is 72.6 Å². The molecule has 8 heteroatoms. The molecule has 0 saturated carbocycles. The van der Waals surface area contributed by atoms with Gasteiger partial charge in [0.2, 0.25) is 26.6 Å². The summed E-state index contributed by atoms with van der Waals surface area (Å²) in [5.74, 6) is 0.406. The third-order valence-electron chi connectivity index (χ3n) is 4.88. The van der Waals surface area contributed by atoms with Gasteiger partial charge in [0.05, 0.1) is 28.7 Å². The number of aryl methyl sites for hydroxylation is 1. The molecule has 0 N–H and O–H groups in total. The number of benzene rings is 2. The Kier molecular flexibility index (Phi) is 5.63. The number of sulfone groups is 1. The van der Waals surface area contributed by atoms with Gasteiger partial charge in [-0.25, -0.2) is 8.42 Å². The first-order valence-corrected chi connectivity index (χ1v) is 11.3. The van der Waals surface area contributed by atoms with Gasteiger partial charge in [-0.1, -0.05) is 42.8 Å². The van der Waals surface area contributed by atoms with E-state index in [-0.39, 0.29) is 21.7 Å².